The number of piperidine rings is 1. The number of rotatable bonds is 6. The number of aryl methyl sites for hydroxylation is 2. The molecule has 0 spiro atoms. The minimum absolute atomic E-state index is 0.0689. The van der Waals surface area contributed by atoms with E-state index >= 15 is 0 Å². The molecule has 3 aromatic heterocycles. The van der Waals surface area contributed by atoms with Crippen molar-refractivity contribution in [2.75, 3.05) is 55.3 Å². The number of fused-ring (bicyclic) bond motifs is 1. The van der Waals surface area contributed by atoms with E-state index in [1.54, 1.807) is 15.6 Å². The molecule has 5 rings (SSSR count). The Kier molecular flexibility index (Phi) is 6.33. The summed E-state index contributed by atoms with van der Waals surface area (Å²) in [7, 11) is 0. The highest BCUT2D eigenvalue weighted by Gasteiger charge is 2.28. The molecule has 2 saturated heterocycles. The molecule has 0 atom stereocenters. The third kappa shape index (κ3) is 4.55. The molecule has 3 aromatic rings. The van der Waals surface area contributed by atoms with E-state index in [4.69, 9.17) is 10.5 Å². The van der Waals surface area contributed by atoms with Crippen LogP contribution in [0.3, 0.4) is 0 Å². The van der Waals surface area contributed by atoms with Crippen LogP contribution in [0, 0.1) is 6.92 Å². The van der Waals surface area contributed by atoms with E-state index in [9.17, 15) is 4.79 Å². The van der Waals surface area contributed by atoms with E-state index in [0.717, 1.165) is 63.7 Å². The fraction of sp³-hybridized carbons (Fsp3) is 0.591. The number of anilines is 3. The number of nitrogens with zero attached hydrogens (tertiary/aromatic N) is 8. The Balaban J connectivity index is 1.30. The number of carbonyl (C=O) groups is 1. The summed E-state index contributed by atoms with van der Waals surface area (Å²) in [6.45, 7) is 10.0. The van der Waals surface area contributed by atoms with Gasteiger partial charge in [-0.05, 0) is 26.7 Å². The smallest absolute Gasteiger partial charge is 0.245 e. The summed E-state index contributed by atoms with van der Waals surface area (Å²) in [5.41, 5.74) is 8.16. The first kappa shape index (κ1) is 22.5. The maximum Gasteiger partial charge on any atom is 0.245 e. The van der Waals surface area contributed by atoms with Crippen molar-refractivity contribution < 1.29 is 9.53 Å². The van der Waals surface area contributed by atoms with Crippen LogP contribution in [0.1, 0.15) is 25.5 Å². The van der Waals surface area contributed by atoms with Crippen molar-refractivity contribution in [3.05, 3.63) is 18.1 Å². The zero-order chi connectivity index (χ0) is 23.7. The van der Waals surface area contributed by atoms with Gasteiger partial charge in [0.1, 0.15) is 12.4 Å². The van der Waals surface area contributed by atoms with Gasteiger partial charge in [0.2, 0.25) is 11.9 Å². The van der Waals surface area contributed by atoms with Crippen LogP contribution < -0.4 is 16.0 Å². The molecule has 0 radical (unpaired) electrons. The van der Waals surface area contributed by atoms with Gasteiger partial charge in [-0.3, -0.25) is 9.69 Å². The number of ether oxygens (including phenoxy) is 1. The highest BCUT2D eigenvalue weighted by Crippen LogP contribution is 2.28. The van der Waals surface area contributed by atoms with Crippen LogP contribution in [-0.2, 0) is 22.6 Å². The highest BCUT2D eigenvalue weighted by atomic mass is 16.5. The molecule has 12 heteroatoms. The van der Waals surface area contributed by atoms with Gasteiger partial charge in [-0.25, -0.2) is 9.67 Å². The van der Waals surface area contributed by atoms with Gasteiger partial charge >= 0.3 is 0 Å². The van der Waals surface area contributed by atoms with Gasteiger partial charge in [0.15, 0.2) is 17.0 Å². The topological polar surface area (TPSA) is 132 Å². The summed E-state index contributed by atoms with van der Waals surface area (Å²) in [5, 5.41) is 7.30. The third-order valence-corrected chi connectivity index (χ3v) is 6.57. The van der Waals surface area contributed by atoms with Crippen molar-refractivity contribution in [3.63, 3.8) is 0 Å². The summed E-state index contributed by atoms with van der Waals surface area (Å²) < 4.78 is 8.97. The van der Waals surface area contributed by atoms with E-state index in [0.29, 0.717) is 29.6 Å². The van der Waals surface area contributed by atoms with Gasteiger partial charge in [0, 0.05) is 44.8 Å². The van der Waals surface area contributed by atoms with Crippen LogP contribution in [0.25, 0.3) is 11.2 Å². The molecule has 182 valence electrons. The molecule has 2 aliphatic rings. The maximum absolute atomic E-state index is 12.8. The fourth-order valence-electron chi connectivity index (χ4n) is 4.89. The zero-order valence-electron chi connectivity index (χ0n) is 19.8. The first-order valence-corrected chi connectivity index (χ1v) is 11.9. The number of hydrogen-bond acceptors (Lipinski definition) is 9. The van der Waals surface area contributed by atoms with Crippen LogP contribution in [0.4, 0.5) is 17.6 Å². The standard InChI is InChI=1S/C22H32N10O2/c1-3-32-17(12-15(2)28-32)25-18(33)13-31-14-24-19-20(26-22(23)27-21(19)31)30-6-4-16(5-7-30)29-8-10-34-11-9-29/h12,14,16H,3-11,13H2,1-2H3,(H,25,33)(H2,23,26,27). The van der Waals surface area contributed by atoms with Gasteiger partial charge in [-0.1, -0.05) is 0 Å². The molecule has 1 amide bonds. The van der Waals surface area contributed by atoms with Crippen molar-refractivity contribution in [1.29, 1.82) is 0 Å². The number of carbonyl (C=O) groups excluding carboxylic acids is 1. The van der Waals surface area contributed by atoms with Gasteiger partial charge in [0.05, 0.1) is 25.2 Å². The van der Waals surface area contributed by atoms with Crippen molar-refractivity contribution in [1.82, 2.24) is 34.2 Å². The van der Waals surface area contributed by atoms with E-state index in [1.165, 1.54) is 0 Å². The molecule has 0 aliphatic carbocycles. The third-order valence-electron chi connectivity index (χ3n) is 6.57. The van der Waals surface area contributed by atoms with Gasteiger partial charge in [-0.15, -0.1) is 0 Å². The molecule has 2 fully saturated rings. The monoisotopic (exact) mass is 468 g/mol. The predicted molar refractivity (Wildman–Crippen MR) is 129 cm³/mol. The van der Waals surface area contributed by atoms with Gasteiger partial charge in [-0.2, -0.15) is 15.1 Å². The quantitative estimate of drug-likeness (QED) is 0.541. The Bertz CT molecular complexity index is 1160. The largest absolute Gasteiger partial charge is 0.379 e. The summed E-state index contributed by atoms with van der Waals surface area (Å²) >= 11 is 0. The Labute approximate surface area is 198 Å². The second-order valence-electron chi connectivity index (χ2n) is 8.85. The lowest BCUT2D eigenvalue weighted by molar-refractivity contribution is -0.116. The van der Waals surface area contributed by atoms with E-state index in [1.807, 2.05) is 19.9 Å². The molecular formula is C22H32N10O2. The van der Waals surface area contributed by atoms with Crippen molar-refractivity contribution >= 4 is 34.7 Å². The Morgan fingerprint density at radius 1 is 1.21 bits per heavy atom. The molecule has 34 heavy (non-hydrogen) atoms. The molecule has 0 bridgehead atoms. The molecule has 2 aliphatic heterocycles. The summed E-state index contributed by atoms with van der Waals surface area (Å²) in [4.78, 5) is 31.0. The SMILES string of the molecule is CCn1nc(C)cc1NC(=O)Cn1cnc2c(N3CCC(N4CCOCC4)CC3)nc(N)nc21. The lowest BCUT2D eigenvalue weighted by Crippen LogP contribution is -2.49. The molecule has 0 aromatic carbocycles. The van der Waals surface area contributed by atoms with Crippen molar-refractivity contribution in [3.8, 4) is 0 Å². The first-order valence-electron chi connectivity index (χ1n) is 11.9. The van der Waals surface area contributed by atoms with Crippen LogP contribution in [0.5, 0.6) is 0 Å². The summed E-state index contributed by atoms with van der Waals surface area (Å²) in [6, 6.07) is 2.42. The normalized spacial score (nSPS) is 18.0. The predicted octanol–water partition coefficient (Wildman–Crippen LogP) is 0.873. The number of nitrogens with one attached hydrogen (secondary N) is 1. The second kappa shape index (κ2) is 9.55. The highest BCUT2D eigenvalue weighted by molar-refractivity contribution is 5.91. The number of nitrogen functional groups attached to an aromatic ring is 1. The van der Waals surface area contributed by atoms with Crippen LogP contribution >= 0.6 is 0 Å². The van der Waals surface area contributed by atoms with E-state index in [2.05, 4.69) is 35.2 Å². The first-order chi connectivity index (χ1) is 16.5. The molecule has 0 saturated carbocycles. The van der Waals surface area contributed by atoms with Crippen molar-refractivity contribution in [2.45, 2.75) is 45.8 Å². The van der Waals surface area contributed by atoms with Gasteiger partial charge < -0.3 is 25.3 Å². The number of imidazole rings is 1. The number of morpholine rings is 1. The minimum Gasteiger partial charge on any atom is -0.379 e. The van der Waals surface area contributed by atoms with Crippen LogP contribution in [0.15, 0.2) is 12.4 Å². The summed E-state index contributed by atoms with van der Waals surface area (Å²) in [6.07, 6.45) is 3.74. The average molecular weight is 469 g/mol. The fourth-order valence-corrected chi connectivity index (χ4v) is 4.89. The number of amides is 1. The van der Waals surface area contributed by atoms with Gasteiger partial charge in [0.25, 0.3) is 0 Å². The Hall–Kier alpha value is -3.25. The molecule has 0 unspecified atom stereocenters. The molecule has 5 heterocycles. The average Bonchev–Trinajstić information content (AvgIpc) is 3.41. The molecule has 3 N–H and O–H groups in total. The van der Waals surface area contributed by atoms with Crippen LogP contribution in [0.2, 0.25) is 0 Å². The Morgan fingerprint density at radius 3 is 2.71 bits per heavy atom. The van der Waals surface area contributed by atoms with E-state index < -0.39 is 0 Å². The Morgan fingerprint density at radius 2 is 1.97 bits per heavy atom. The van der Waals surface area contributed by atoms with Crippen LogP contribution in [-0.4, -0.2) is 85.5 Å². The zero-order valence-corrected chi connectivity index (χ0v) is 19.8. The maximum atomic E-state index is 12.8. The molecule has 12 nitrogen and oxygen atoms in total. The minimum atomic E-state index is -0.182. The second-order valence-corrected chi connectivity index (χ2v) is 8.85. The van der Waals surface area contributed by atoms with E-state index in [-0.39, 0.29) is 18.4 Å². The number of hydrogen-bond donors (Lipinski definition) is 2. The lowest BCUT2D eigenvalue weighted by atomic mass is 10.0. The number of aromatic nitrogens is 6. The lowest BCUT2D eigenvalue weighted by Gasteiger charge is -2.40. The molecular weight excluding hydrogens is 436 g/mol. The van der Waals surface area contributed by atoms with Crippen molar-refractivity contribution in [2.24, 2.45) is 0 Å². The number of nitrogens with two attached hydrogens (primary N) is 1. The summed E-state index contributed by atoms with van der Waals surface area (Å²) in [5.74, 6) is 1.41.